The summed E-state index contributed by atoms with van der Waals surface area (Å²) in [4.78, 5) is 32.9. The first-order chi connectivity index (χ1) is 18.2. The number of hydrogen-bond acceptors (Lipinski definition) is 7. The molecule has 0 radical (unpaired) electrons. The SMILES string of the molecule is COc1ccc2c(c1)CCC1C2CCC2(C)C(OC(=O)CN(C)C)CC(CCC(=O)Nc3ncc(C)s3)C12. The first-order valence-corrected chi connectivity index (χ1v) is 14.7. The number of methoxy groups -OCH3 is 1. The average Bonchev–Trinajstić information content (AvgIpc) is 3.41. The molecule has 2 fully saturated rings. The molecular weight excluding hydrogens is 498 g/mol. The Hall–Kier alpha value is -2.45. The second-order valence-electron chi connectivity index (χ2n) is 12.0. The monoisotopic (exact) mass is 539 g/mol. The van der Waals surface area contributed by atoms with Crippen LogP contribution < -0.4 is 10.1 Å². The molecule has 0 bridgehead atoms. The number of hydrogen-bond donors (Lipinski definition) is 1. The van der Waals surface area contributed by atoms with Gasteiger partial charge >= 0.3 is 5.97 Å². The minimum atomic E-state index is -0.152. The number of anilines is 1. The van der Waals surface area contributed by atoms with Gasteiger partial charge in [0.05, 0.1) is 13.7 Å². The number of likely N-dealkylation sites (N-methyl/N-ethyl adjacent to an activating group) is 1. The van der Waals surface area contributed by atoms with E-state index in [1.54, 1.807) is 13.3 Å². The molecular formula is C30H41N3O4S. The van der Waals surface area contributed by atoms with E-state index < -0.39 is 0 Å². The summed E-state index contributed by atoms with van der Waals surface area (Å²) < 4.78 is 11.7. The topological polar surface area (TPSA) is 80.8 Å². The van der Waals surface area contributed by atoms with Crippen molar-refractivity contribution >= 4 is 28.3 Å². The molecule has 5 rings (SSSR count). The van der Waals surface area contributed by atoms with Crippen LogP contribution in [0.4, 0.5) is 5.13 Å². The highest BCUT2D eigenvalue weighted by molar-refractivity contribution is 7.15. The number of carbonyl (C=O) groups excluding carboxylic acids is 2. The third-order valence-electron chi connectivity index (χ3n) is 9.32. The second kappa shape index (κ2) is 11.0. The van der Waals surface area contributed by atoms with Gasteiger partial charge in [0.2, 0.25) is 5.91 Å². The highest BCUT2D eigenvalue weighted by Gasteiger charge is 2.60. The number of thiazole rings is 1. The van der Waals surface area contributed by atoms with Gasteiger partial charge < -0.3 is 14.8 Å². The standard InChI is InChI=1S/C30H41N3O4S/c1-18-16-31-29(38-18)32-26(34)11-7-20-15-25(37-27(35)17-33(3)4)30(2)13-12-23-22-10-8-21(36-5)14-19(22)6-9-24(23)28(20)30/h8,10,14,16,20,23-25,28H,6-7,9,11-13,15,17H2,1-5H3,(H,31,32,34). The summed E-state index contributed by atoms with van der Waals surface area (Å²) in [5, 5.41) is 3.64. The summed E-state index contributed by atoms with van der Waals surface area (Å²) >= 11 is 1.50. The summed E-state index contributed by atoms with van der Waals surface area (Å²) in [6.07, 6.45) is 8.09. The zero-order chi connectivity index (χ0) is 27.0. The van der Waals surface area contributed by atoms with Crippen molar-refractivity contribution in [1.29, 1.82) is 0 Å². The van der Waals surface area contributed by atoms with E-state index in [0.717, 1.165) is 49.2 Å². The van der Waals surface area contributed by atoms with Crippen LogP contribution in [0.3, 0.4) is 0 Å². The molecule has 1 heterocycles. The van der Waals surface area contributed by atoms with E-state index in [4.69, 9.17) is 9.47 Å². The van der Waals surface area contributed by atoms with E-state index in [9.17, 15) is 9.59 Å². The lowest BCUT2D eigenvalue weighted by Gasteiger charge is -2.51. The van der Waals surface area contributed by atoms with E-state index in [1.807, 2.05) is 25.9 Å². The normalized spacial score (nSPS) is 29.8. The lowest BCUT2D eigenvalue weighted by molar-refractivity contribution is -0.158. The number of aromatic nitrogens is 1. The van der Waals surface area contributed by atoms with Crippen molar-refractivity contribution in [3.05, 3.63) is 40.4 Å². The molecule has 6 atom stereocenters. The fourth-order valence-electron chi connectivity index (χ4n) is 7.76. The summed E-state index contributed by atoms with van der Waals surface area (Å²) in [6, 6.07) is 6.58. The number of amides is 1. The zero-order valence-corrected chi connectivity index (χ0v) is 24.1. The number of esters is 1. The van der Waals surface area contributed by atoms with E-state index in [-0.39, 0.29) is 23.4 Å². The van der Waals surface area contributed by atoms with Gasteiger partial charge in [-0.1, -0.05) is 13.0 Å². The number of benzene rings is 1. The Morgan fingerprint density at radius 2 is 2.08 bits per heavy atom. The minimum absolute atomic E-state index is 0.0162. The van der Waals surface area contributed by atoms with Crippen molar-refractivity contribution in [3.63, 3.8) is 0 Å². The third-order valence-corrected chi connectivity index (χ3v) is 10.1. The van der Waals surface area contributed by atoms with Gasteiger partial charge in [-0.15, -0.1) is 11.3 Å². The largest absolute Gasteiger partial charge is 0.497 e. The maximum Gasteiger partial charge on any atom is 0.320 e. The molecule has 0 saturated heterocycles. The van der Waals surface area contributed by atoms with Gasteiger partial charge in [0.1, 0.15) is 11.9 Å². The van der Waals surface area contributed by atoms with Crippen LogP contribution in [0.25, 0.3) is 0 Å². The maximum absolute atomic E-state index is 12.9. The number of rotatable bonds is 8. The van der Waals surface area contributed by atoms with Crippen molar-refractivity contribution < 1.29 is 19.1 Å². The number of nitrogens with zero attached hydrogens (tertiary/aromatic N) is 2. The lowest BCUT2D eigenvalue weighted by atomic mass is 9.53. The van der Waals surface area contributed by atoms with E-state index >= 15 is 0 Å². The number of aryl methyl sites for hydroxylation is 2. The molecule has 38 heavy (non-hydrogen) atoms. The van der Waals surface area contributed by atoms with Crippen molar-refractivity contribution in [2.45, 2.75) is 70.8 Å². The Morgan fingerprint density at radius 1 is 1.26 bits per heavy atom. The highest BCUT2D eigenvalue weighted by atomic mass is 32.1. The predicted molar refractivity (Wildman–Crippen MR) is 150 cm³/mol. The van der Waals surface area contributed by atoms with Crippen LogP contribution in [0.15, 0.2) is 24.4 Å². The van der Waals surface area contributed by atoms with E-state index in [0.29, 0.717) is 41.8 Å². The predicted octanol–water partition coefficient (Wildman–Crippen LogP) is 5.43. The highest BCUT2D eigenvalue weighted by Crippen LogP contribution is 2.64. The molecule has 3 aliphatic rings. The first-order valence-electron chi connectivity index (χ1n) is 13.9. The maximum atomic E-state index is 12.9. The van der Waals surface area contributed by atoms with Gasteiger partial charge in [0, 0.05) is 22.9 Å². The molecule has 8 heteroatoms. The summed E-state index contributed by atoms with van der Waals surface area (Å²) in [7, 11) is 5.52. The molecule has 1 amide bonds. The van der Waals surface area contributed by atoms with Gasteiger partial charge in [-0.3, -0.25) is 14.5 Å². The zero-order valence-electron chi connectivity index (χ0n) is 23.3. The molecule has 1 aromatic carbocycles. The Bertz CT molecular complexity index is 1180. The molecule has 0 aliphatic heterocycles. The van der Waals surface area contributed by atoms with Crippen molar-refractivity contribution in [2.75, 3.05) is 33.1 Å². The molecule has 1 N–H and O–H groups in total. The number of fused-ring (bicyclic) bond motifs is 5. The van der Waals surface area contributed by atoms with E-state index in [2.05, 4.69) is 35.4 Å². The summed E-state index contributed by atoms with van der Waals surface area (Å²) in [5.41, 5.74) is 2.81. The van der Waals surface area contributed by atoms with Crippen LogP contribution in [0.1, 0.15) is 67.4 Å². The van der Waals surface area contributed by atoms with Gasteiger partial charge in [-0.25, -0.2) is 4.98 Å². The van der Waals surface area contributed by atoms with Crippen LogP contribution in [0.2, 0.25) is 0 Å². The molecule has 1 aromatic heterocycles. The van der Waals surface area contributed by atoms with Crippen LogP contribution in [-0.4, -0.2) is 55.6 Å². The molecule has 6 unspecified atom stereocenters. The molecule has 3 aliphatic carbocycles. The Labute approximate surface area is 230 Å². The van der Waals surface area contributed by atoms with Crippen LogP contribution in [0.5, 0.6) is 5.75 Å². The van der Waals surface area contributed by atoms with Crippen molar-refractivity contribution in [2.24, 2.45) is 23.2 Å². The summed E-state index contributed by atoms with van der Waals surface area (Å²) in [5.74, 6) is 2.59. The number of nitrogens with one attached hydrogen (secondary N) is 1. The van der Waals surface area contributed by atoms with Gasteiger partial charge in [0.25, 0.3) is 0 Å². The number of ether oxygens (including phenoxy) is 2. The molecule has 2 aromatic rings. The molecule has 0 spiro atoms. The quantitative estimate of drug-likeness (QED) is 0.451. The molecule has 2 saturated carbocycles. The Balaban J connectivity index is 1.37. The van der Waals surface area contributed by atoms with E-state index in [1.165, 1.54) is 22.5 Å². The van der Waals surface area contributed by atoms with Crippen LogP contribution >= 0.6 is 11.3 Å². The first kappa shape index (κ1) is 27.1. The van der Waals surface area contributed by atoms with Gasteiger partial charge in [-0.2, -0.15) is 0 Å². The average molecular weight is 540 g/mol. The Morgan fingerprint density at radius 3 is 2.79 bits per heavy atom. The van der Waals surface area contributed by atoms with Crippen LogP contribution in [0, 0.1) is 30.1 Å². The van der Waals surface area contributed by atoms with Crippen molar-refractivity contribution in [3.8, 4) is 5.75 Å². The second-order valence-corrected chi connectivity index (χ2v) is 13.3. The number of carbonyl (C=O) groups is 2. The third kappa shape index (κ3) is 5.34. The smallest absolute Gasteiger partial charge is 0.320 e. The fourth-order valence-corrected chi connectivity index (χ4v) is 8.44. The fraction of sp³-hybridized carbons (Fsp3) is 0.633. The Kier molecular flexibility index (Phi) is 7.83. The molecule has 206 valence electrons. The summed E-state index contributed by atoms with van der Waals surface area (Å²) in [6.45, 7) is 4.63. The minimum Gasteiger partial charge on any atom is -0.497 e. The van der Waals surface area contributed by atoms with Crippen molar-refractivity contribution in [1.82, 2.24) is 9.88 Å². The van der Waals surface area contributed by atoms with Gasteiger partial charge in [0.15, 0.2) is 5.13 Å². The lowest BCUT2D eigenvalue weighted by Crippen LogP contribution is -2.46. The van der Waals surface area contributed by atoms with Gasteiger partial charge in [-0.05, 0) is 106 Å². The van der Waals surface area contributed by atoms with Crippen LogP contribution in [-0.2, 0) is 20.7 Å². The molecule has 7 nitrogen and oxygen atoms in total.